The number of rotatable bonds is 3. The third-order valence-electron chi connectivity index (χ3n) is 5.90. The minimum Gasteiger partial charge on any atom is -0.497 e. The summed E-state index contributed by atoms with van der Waals surface area (Å²) in [6.07, 6.45) is 5.77. The van der Waals surface area contributed by atoms with Crippen molar-refractivity contribution in [2.45, 2.75) is 38.2 Å². The number of ether oxygens (including phenoxy) is 3. The number of aromatic nitrogens is 3. The molecule has 0 amide bonds. The van der Waals surface area contributed by atoms with E-state index in [2.05, 4.69) is 43.3 Å². The van der Waals surface area contributed by atoms with Gasteiger partial charge in [-0.3, -0.25) is 0 Å². The molecule has 1 saturated carbocycles. The Labute approximate surface area is 177 Å². The molecule has 0 spiro atoms. The van der Waals surface area contributed by atoms with Gasteiger partial charge in [0, 0.05) is 27.3 Å². The molecule has 1 aliphatic carbocycles. The lowest BCUT2D eigenvalue weighted by molar-refractivity contribution is -0.233. The summed E-state index contributed by atoms with van der Waals surface area (Å²) in [4.78, 5) is 8.92. The van der Waals surface area contributed by atoms with Crippen molar-refractivity contribution in [1.82, 2.24) is 14.5 Å². The number of nitrogens with zero attached hydrogens (tertiary/aromatic N) is 3. The predicted molar refractivity (Wildman–Crippen MR) is 113 cm³/mol. The standard InChI is InChI=1S/C21H22IN3O3/c1-12-19-17(22)9-25(20(19)24-11-23-12)15-7-14-10-27-21(28-18(14)8-15)13-3-5-16(26-2)6-4-13/h3-6,9,11,14-15,18,21H,7-8,10H2,1-2H3/t14-,15+,18-,21?/m0/s1. The summed E-state index contributed by atoms with van der Waals surface area (Å²) >= 11 is 2.38. The molecule has 3 aromatic rings. The first kappa shape index (κ1) is 18.3. The van der Waals surface area contributed by atoms with Crippen LogP contribution in [0.3, 0.4) is 0 Å². The number of methoxy groups -OCH3 is 1. The highest BCUT2D eigenvalue weighted by atomic mass is 127. The average molecular weight is 491 g/mol. The van der Waals surface area contributed by atoms with E-state index in [1.807, 2.05) is 31.2 Å². The van der Waals surface area contributed by atoms with Crippen LogP contribution in [0.25, 0.3) is 11.0 Å². The minimum absolute atomic E-state index is 0.198. The molecule has 146 valence electrons. The second-order valence-corrected chi connectivity index (χ2v) is 8.70. The highest BCUT2D eigenvalue weighted by Crippen LogP contribution is 2.44. The lowest BCUT2D eigenvalue weighted by Crippen LogP contribution is -2.32. The molecule has 1 aliphatic heterocycles. The third kappa shape index (κ3) is 3.09. The summed E-state index contributed by atoms with van der Waals surface area (Å²) in [5.41, 5.74) is 3.09. The van der Waals surface area contributed by atoms with E-state index in [1.165, 1.54) is 3.57 Å². The molecule has 1 saturated heterocycles. The molecule has 2 fully saturated rings. The van der Waals surface area contributed by atoms with Crippen LogP contribution in [-0.2, 0) is 9.47 Å². The van der Waals surface area contributed by atoms with Gasteiger partial charge in [0.25, 0.3) is 0 Å². The fraction of sp³-hybridized carbons (Fsp3) is 0.429. The van der Waals surface area contributed by atoms with Gasteiger partial charge in [-0.15, -0.1) is 0 Å². The fourth-order valence-electron chi connectivity index (χ4n) is 4.43. The second-order valence-electron chi connectivity index (χ2n) is 7.54. The fourth-order valence-corrected chi connectivity index (χ4v) is 5.37. The summed E-state index contributed by atoms with van der Waals surface area (Å²) in [6, 6.07) is 8.28. The minimum atomic E-state index is -0.308. The van der Waals surface area contributed by atoms with Crippen molar-refractivity contribution in [3.8, 4) is 5.75 Å². The van der Waals surface area contributed by atoms with Gasteiger partial charge in [0.05, 0.1) is 30.9 Å². The van der Waals surface area contributed by atoms with E-state index < -0.39 is 0 Å². The van der Waals surface area contributed by atoms with E-state index in [0.717, 1.165) is 47.5 Å². The van der Waals surface area contributed by atoms with Crippen LogP contribution in [0.1, 0.15) is 36.4 Å². The van der Waals surface area contributed by atoms with Crippen LogP contribution >= 0.6 is 22.6 Å². The molecule has 2 aliphatic rings. The van der Waals surface area contributed by atoms with Crippen LogP contribution in [0.15, 0.2) is 36.8 Å². The van der Waals surface area contributed by atoms with Gasteiger partial charge >= 0.3 is 0 Å². The van der Waals surface area contributed by atoms with Crippen LogP contribution in [-0.4, -0.2) is 34.4 Å². The van der Waals surface area contributed by atoms with Crippen molar-refractivity contribution in [2.24, 2.45) is 5.92 Å². The lowest BCUT2D eigenvalue weighted by Gasteiger charge is -2.32. The Morgan fingerprint density at radius 1 is 1.18 bits per heavy atom. The zero-order valence-electron chi connectivity index (χ0n) is 15.8. The monoisotopic (exact) mass is 491 g/mol. The van der Waals surface area contributed by atoms with Crippen molar-refractivity contribution in [2.75, 3.05) is 13.7 Å². The Kier molecular flexibility index (Phi) is 4.76. The molecule has 3 heterocycles. The first-order valence-corrected chi connectivity index (χ1v) is 10.6. The van der Waals surface area contributed by atoms with Crippen molar-refractivity contribution in [1.29, 1.82) is 0 Å². The molecule has 1 unspecified atom stereocenters. The lowest BCUT2D eigenvalue weighted by atomic mass is 10.1. The summed E-state index contributed by atoms with van der Waals surface area (Å²) in [5, 5.41) is 1.16. The van der Waals surface area contributed by atoms with Gasteiger partial charge in [-0.25, -0.2) is 9.97 Å². The Hall–Kier alpha value is -1.71. The predicted octanol–water partition coefficient (Wildman–Crippen LogP) is 4.42. The maximum absolute atomic E-state index is 6.35. The quantitative estimate of drug-likeness (QED) is 0.508. The number of hydrogen-bond acceptors (Lipinski definition) is 5. The molecule has 0 bridgehead atoms. The highest BCUT2D eigenvalue weighted by molar-refractivity contribution is 14.1. The molecule has 6 nitrogen and oxygen atoms in total. The maximum Gasteiger partial charge on any atom is 0.184 e. The van der Waals surface area contributed by atoms with Crippen molar-refractivity contribution >= 4 is 33.6 Å². The van der Waals surface area contributed by atoms with Gasteiger partial charge in [0.15, 0.2) is 6.29 Å². The average Bonchev–Trinajstić information content (AvgIpc) is 3.29. The largest absolute Gasteiger partial charge is 0.497 e. The van der Waals surface area contributed by atoms with E-state index in [4.69, 9.17) is 14.2 Å². The third-order valence-corrected chi connectivity index (χ3v) is 6.72. The molecule has 5 rings (SSSR count). The normalized spacial score (nSPS) is 27.1. The maximum atomic E-state index is 6.35. The van der Waals surface area contributed by atoms with E-state index in [0.29, 0.717) is 12.0 Å². The van der Waals surface area contributed by atoms with Crippen LogP contribution in [0, 0.1) is 16.4 Å². The van der Waals surface area contributed by atoms with Gasteiger partial charge in [0.2, 0.25) is 0 Å². The Bertz CT molecular complexity index is 1000. The van der Waals surface area contributed by atoms with Gasteiger partial charge in [-0.1, -0.05) is 12.1 Å². The topological polar surface area (TPSA) is 58.4 Å². The zero-order chi connectivity index (χ0) is 19.3. The molecular formula is C21H22IN3O3. The van der Waals surface area contributed by atoms with Gasteiger partial charge in [-0.05, 0) is 54.5 Å². The number of aryl methyl sites for hydroxylation is 1. The van der Waals surface area contributed by atoms with Crippen LogP contribution < -0.4 is 4.74 Å². The number of benzene rings is 1. The Morgan fingerprint density at radius 3 is 2.79 bits per heavy atom. The molecule has 7 heteroatoms. The summed E-state index contributed by atoms with van der Waals surface area (Å²) in [5.74, 6) is 1.25. The van der Waals surface area contributed by atoms with E-state index in [-0.39, 0.29) is 12.4 Å². The SMILES string of the molecule is COc1ccc(C2OC[C@@H]3C[C@@H](n4cc(I)c5c(C)ncnc54)C[C@@H]3O2)cc1. The molecule has 2 aromatic heterocycles. The molecular weight excluding hydrogens is 469 g/mol. The van der Waals surface area contributed by atoms with Crippen LogP contribution in [0.2, 0.25) is 0 Å². The molecule has 0 radical (unpaired) electrons. The van der Waals surface area contributed by atoms with Crippen LogP contribution in [0.5, 0.6) is 5.75 Å². The van der Waals surface area contributed by atoms with Crippen molar-refractivity contribution in [3.05, 3.63) is 51.6 Å². The van der Waals surface area contributed by atoms with E-state index in [1.54, 1.807) is 13.4 Å². The number of hydrogen-bond donors (Lipinski definition) is 0. The number of halogens is 1. The first-order chi connectivity index (χ1) is 13.6. The molecule has 0 N–H and O–H groups in total. The Balaban J connectivity index is 1.36. The van der Waals surface area contributed by atoms with E-state index in [9.17, 15) is 0 Å². The van der Waals surface area contributed by atoms with Crippen molar-refractivity contribution in [3.63, 3.8) is 0 Å². The first-order valence-electron chi connectivity index (χ1n) is 9.52. The Morgan fingerprint density at radius 2 is 2.00 bits per heavy atom. The molecule has 1 aromatic carbocycles. The van der Waals surface area contributed by atoms with Crippen LogP contribution in [0.4, 0.5) is 0 Å². The molecule has 28 heavy (non-hydrogen) atoms. The van der Waals surface area contributed by atoms with Gasteiger partial charge < -0.3 is 18.8 Å². The van der Waals surface area contributed by atoms with Crippen molar-refractivity contribution < 1.29 is 14.2 Å². The number of fused-ring (bicyclic) bond motifs is 2. The smallest absolute Gasteiger partial charge is 0.184 e. The van der Waals surface area contributed by atoms with E-state index >= 15 is 0 Å². The molecule has 4 atom stereocenters. The highest BCUT2D eigenvalue weighted by Gasteiger charge is 2.41. The summed E-state index contributed by atoms with van der Waals surface area (Å²) in [6.45, 7) is 2.77. The van der Waals surface area contributed by atoms with Gasteiger partial charge in [-0.2, -0.15) is 0 Å². The zero-order valence-corrected chi connectivity index (χ0v) is 18.0. The summed E-state index contributed by atoms with van der Waals surface area (Å²) < 4.78 is 21.2. The summed E-state index contributed by atoms with van der Waals surface area (Å²) in [7, 11) is 1.67. The van der Waals surface area contributed by atoms with Gasteiger partial charge in [0.1, 0.15) is 17.7 Å². The second kappa shape index (κ2) is 7.27.